The van der Waals surface area contributed by atoms with Crippen molar-refractivity contribution in [3.63, 3.8) is 0 Å². The molecule has 2 heterocycles. The zero-order valence-corrected chi connectivity index (χ0v) is 10.8. The largest absolute Gasteiger partial charge is 0.480 e. The van der Waals surface area contributed by atoms with Gasteiger partial charge in [0.25, 0.3) is 0 Å². The lowest BCUT2D eigenvalue weighted by Gasteiger charge is -2.29. The predicted molar refractivity (Wildman–Crippen MR) is 67.5 cm³/mol. The van der Waals surface area contributed by atoms with Crippen LogP contribution < -0.4 is 5.73 Å². The number of aliphatic carboxylic acids is 1. The van der Waals surface area contributed by atoms with Crippen LogP contribution in [-0.2, 0) is 10.2 Å². The highest BCUT2D eigenvalue weighted by Crippen LogP contribution is 2.39. The van der Waals surface area contributed by atoms with Crippen LogP contribution in [0.3, 0.4) is 0 Å². The smallest absolute Gasteiger partial charge is 0.319 e. The van der Waals surface area contributed by atoms with E-state index in [1.165, 1.54) is 0 Å². The Hall–Kier alpha value is -2.45. The number of hydrogen-bond donors (Lipinski definition) is 3. The lowest BCUT2D eigenvalue weighted by Crippen LogP contribution is -2.38. The third-order valence-corrected chi connectivity index (χ3v) is 3.30. The second-order valence-electron chi connectivity index (χ2n) is 4.55. The molecule has 1 aliphatic carbocycles. The summed E-state index contributed by atoms with van der Waals surface area (Å²) in [6, 6.07) is -0.0730. The fourth-order valence-corrected chi connectivity index (χ4v) is 2.27. The van der Waals surface area contributed by atoms with Gasteiger partial charge < -0.3 is 15.3 Å². The number of hydrogen-bond acceptors (Lipinski definition) is 7. The molecule has 3 rings (SSSR count). The molecule has 0 aliphatic heterocycles. The average molecular weight is 280 g/mol. The molecule has 9 nitrogen and oxygen atoms in total. The summed E-state index contributed by atoms with van der Waals surface area (Å²) in [7, 11) is 0. The van der Waals surface area contributed by atoms with Crippen molar-refractivity contribution in [1.29, 1.82) is 0 Å². The van der Waals surface area contributed by atoms with Gasteiger partial charge in [-0.3, -0.25) is 9.89 Å². The highest BCUT2D eigenvalue weighted by Gasteiger charge is 2.46. The number of carbonyl (C=O) groups is 1. The molecule has 0 radical (unpaired) electrons. The maximum atomic E-state index is 11.3. The fraction of sp³-hybridized carbons (Fsp3) is 0.545. The molecule has 9 heteroatoms. The van der Waals surface area contributed by atoms with Gasteiger partial charge in [0.15, 0.2) is 0 Å². The molecule has 108 valence electrons. The molecule has 2 aromatic rings. The minimum atomic E-state index is -1.01. The van der Waals surface area contributed by atoms with E-state index in [9.17, 15) is 9.90 Å². The van der Waals surface area contributed by atoms with Gasteiger partial charge in [-0.15, -0.1) is 10.2 Å². The number of nitrogen functional groups attached to an aromatic ring is 1. The summed E-state index contributed by atoms with van der Waals surface area (Å²) in [5.74, 6) is -0.752. The number of nitrogens with zero attached hydrogens (tertiary/aromatic N) is 4. The molecule has 2 aromatic heterocycles. The molecule has 0 atom stereocenters. The monoisotopic (exact) mass is 280 g/mol. The van der Waals surface area contributed by atoms with E-state index >= 15 is 0 Å². The van der Waals surface area contributed by atoms with Crippen LogP contribution in [-0.4, -0.2) is 36.7 Å². The Bertz CT molecular complexity index is 515. The summed E-state index contributed by atoms with van der Waals surface area (Å²) in [5, 5.41) is 25.8. The minimum Gasteiger partial charge on any atom is -0.480 e. The van der Waals surface area contributed by atoms with Gasteiger partial charge in [-0.25, -0.2) is 0 Å². The van der Waals surface area contributed by atoms with Gasteiger partial charge in [-0.05, 0) is 12.8 Å². The zero-order valence-electron chi connectivity index (χ0n) is 10.8. The van der Waals surface area contributed by atoms with Crippen molar-refractivity contribution in [2.45, 2.75) is 37.5 Å². The summed E-state index contributed by atoms with van der Waals surface area (Å²) >= 11 is 0. The third-order valence-electron chi connectivity index (χ3n) is 3.30. The van der Waals surface area contributed by atoms with Crippen LogP contribution in [0.5, 0.6) is 0 Å². The second-order valence-corrected chi connectivity index (χ2v) is 4.55. The maximum absolute atomic E-state index is 11.3. The number of anilines is 1. The van der Waals surface area contributed by atoms with Crippen LogP contribution in [0.1, 0.15) is 38.0 Å². The molecule has 0 spiro atoms. The van der Waals surface area contributed by atoms with Crippen molar-refractivity contribution in [2.24, 2.45) is 0 Å². The normalized spacial score (nSPS) is 17.0. The van der Waals surface area contributed by atoms with Gasteiger partial charge in [-0.1, -0.05) is 29.6 Å². The number of carboxylic acid groups (broad SMARTS) is 1. The Balaban J connectivity index is 0.000000247. The molecule has 0 unspecified atom stereocenters. The van der Waals surface area contributed by atoms with Crippen molar-refractivity contribution in [2.75, 3.05) is 5.73 Å². The maximum Gasteiger partial charge on any atom is 0.319 e. The first-order valence-corrected chi connectivity index (χ1v) is 6.28. The van der Waals surface area contributed by atoms with Crippen molar-refractivity contribution in [3.05, 3.63) is 18.3 Å². The highest BCUT2D eigenvalue weighted by atomic mass is 16.4. The number of aromatic nitrogens is 5. The number of H-pyrrole nitrogens is 1. The molecule has 20 heavy (non-hydrogen) atoms. The standard InChI is InChI=1S/C9H13N3O3.C2H3N3/c10-8-12-11-6(15-8)9(7(13)14)4-2-1-3-5-9;1-2-4-5-3-1/h1-5H2,(H2,10,12)(H,13,14);1-2H,(H,3,4,5). The summed E-state index contributed by atoms with van der Waals surface area (Å²) in [6.45, 7) is 0. The lowest BCUT2D eigenvalue weighted by molar-refractivity contribution is -0.146. The van der Waals surface area contributed by atoms with E-state index in [4.69, 9.17) is 10.2 Å². The van der Waals surface area contributed by atoms with Crippen LogP contribution in [0, 0.1) is 0 Å². The fourth-order valence-electron chi connectivity index (χ4n) is 2.27. The highest BCUT2D eigenvalue weighted by molar-refractivity contribution is 5.80. The van der Waals surface area contributed by atoms with Gasteiger partial charge >= 0.3 is 12.0 Å². The summed E-state index contributed by atoms with van der Waals surface area (Å²) in [6.07, 6.45) is 7.12. The van der Waals surface area contributed by atoms with Crippen molar-refractivity contribution >= 4 is 12.0 Å². The Morgan fingerprint density at radius 1 is 1.35 bits per heavy atom. The van der Waals surface area contributed by atoms with Crippen LogP contribution in [0.15, 0.2) is 16.8 Å². The van der Waals surface area contributed by atoms with Gasteiger partial charge in [0.2, 0.25) is 5.89 Å². The number of aromatic amines is 1. The molecular weight excluding hydrogens is 264 g/mol. The zero-order chi connectivity index (χ0) is 14.4. The summed E-state index contributed by atoms with van der Waals surface area (Å²) < 4.78 is 5.06. The number of nitrogens with one attached hydrogen (secondary N) is 1. The van der Waals surface area contributed by atoms with Gasteiger partial charge in [0.05, 0.1) is 6.20 Å². The van der Waals surface area contributed by atoms with E-state index in [2.05, 4.69) is 25.6 Å². The first-order valence-electron chi connectivity index (χ1n) is 6.28. The average Bonchev–Trinajstić information content (AvgIpc) is 3.13. The van der Waals surface area contributed by atoms with E-state index in [0.29, 0.717) is 12.8 Å². The van der Waals surface area contributed by atoms with E-state index in [1.54, 1.807) is 12.4 Å². The second kappa shape index (κ2) is 6.13. The Morgan fingerprint density at radius 3 is 2.50 bits per heavy atom. The number of rotatable bonds is 2. The van der Waals surface area contributed by atoms with Crippen LogP contribution >= 0.6 is 0 Å². The van der Waals surface area contributed by atoms with E-state index < -0.39 is 11.4 Å². The quantitative estimate of drug-likeness (QED) is 0.730. The number of nitrogens with two attached hydrogens (primary N) is 1. The van der Waals surface area contributed by atoms with Crippen molar-refractivity contribution < 1.29 is 14.3 Å². The molecule has 1 saturated carbocycles. The van der Waals surface area contributed by atoms with Crippen molar-refractivity contribution in [1.82, 2.24) is 25.6 Å². The van der Waals surface area contributed by atoms with Crippen molar-refractivity contribution in [3.8, 4) is 0 Å². The van der Waals surface area contributed by atoms with Gasteiger partial charge in [0.1, 0.15) is 5.41 Å². The molecule has 1 aliphatic rings. The predicted octanol–water partition coefficient (Wildman–Crippen LogP) is 0.743. The number of carboxylic acids is 1. The summed E-state index contributed by atoms with van der Waals surface area (Å²) in [5.41, 5.74) is 4.30. The van der Waals surface area contributed by atoms with Gasteiger partial charge in [0, 0.05) is 6.20 Å². The minimum absolute atomic E-state index is 0.0730. The van der Waals surface area contributed by atoms with Gasteiger partial charge in [-0.2, -0.15) is 0 Å². The van der Waals surface area contributed by atoms with E-state index in [-0.39, 0.29) is 11.9 Å². The Kier molecular flexibility index (Phi) is 4.28. The van der Waals surface area contributed by atoms with Crippen LogP contribution in [0.2, 0.25) is 0 Å². The van der Waals surface area contributed by atoms with E-state index in [0.717, 1.165) is 19.3 Å². The molecule has 0 amide bonds. The molecule has 0 saturated heterocycles. The molecule has 0 aromatic carbocycles. The lowest BCUT2D eigenvalue weighted by atomic mass is 9.74. The molecule has 4 N–H and O–H groups in total. The van der Waals surface area contributed by atoms with E-state index in [1.807, 2.05) is 0 Å². The first kappa shape index (κ1) is 14.0. The summed E-state index contributed by atoms with van der Waals surface area (Å²) in [4.78, 5) is 11.3. The topological polar surface area (TPSA) is 144 Å². The van der Waals surface area contributed by atoms with Crippen LogP contribution in [0.4, 0.5) is 6.01 Å². The molecular formula is C11H16N6O3. The molecule has 0 bridgehead atoms. The first-order chi connectivity index (χ1) is 9.65. The third kappa shape index (κ3) is 2.92. The van der Waals surface area contributed by atoms with Crippen LogP contribution in [0.25, 0.3) is 0 Å². The SMILES string of the molecule is Nc1nnc(C2(C(=O)O)CCCCC2)o1.c1c[nH]nn1. The Morgan fingerprint density at radius 2 is 2.10 bits per heavy atom. The Labute approximate surface area is 114 Å². The molecule has 1 fully saturated rings.